The van der Waals surface area contributed by atoms with Crippen molar-refractivity contribution in [3.63, 3.8) is 0 Å². The maximum absolute atomic E-state index is 12.4. The summed E-state index contributed by atoms with van der Waals surface area (Å²) in [5.41, 5.74) is 1.72. The zero-order valence-electron chi connectivity index (χ0n) is 13.5. The lowest BCUT2D eigenvalue weighted by Gasteiger charge is -2.28. The minimum Gasteiger partial charge on any atom is -0.444 e. The number of aromatic nitrogens is 1. The van der Waals surface area contributed by atoms with Crippen molar-refractivity contribution in [1.82, 2.24) is 9.88 Å². The van der Waals surface area contributed by atoms with Gasteiger partial charge in [0.2, 0.25) is 0 Å². The quantitative estimate of drug-likeness (QED) is 0.767. The summed E-state index contributed by atoms with van der Waals surface area (Å²) in [6, 6.07) is 6.45. The van der Waals surface area contributed by atoms with Gasteiger partial charge in [-0.2, -0.15) is 0 Å². The normalized spacial score (nSPS) is 18.9. The van der Waals surface area contributed by atoms with E-state index < -0.39 is 5.60 Å². The molecule has 0 N–H and O–H groups in total. The molecule has 1 saturated heterocycles. The van der Waals surface area contributed by atoms with Crippen molar-refractivity contribution >= 4 is 27.6 Å². The molecule has 1 aromatic heterocycles. The number of carbonyl (C=O) groups is 1. The molecule has 0 radical (unpaired) electrons. The summed E-state index contributed by atoms with van der Waals surface area (Å²) < 4.78 is 6.74. The number of ether oxygens (including phenoxy) is 1. The van der Waals surface area contributed by atoms with Crippen LogP contribution in [-0.4, -0.2) is 28.1 Å². The van der Waals surface area contributed by atoms with E-state index in [9.17, 15) is 4.79 Å². The molecule has 3 rings (SSSR count). The van der Waals surface area contributed by atoms with Gasteiger partial charge < -0.3 is 9.64 Å². The average Bonchev–Trinajstić information content (AvgIpc) is 2.99. The molecular weight excluding hydrogens is 296 g/mol. The first-order valence-corrected chi connectivity index (χ1v) is 8.52. The smallest absolute Gasteiger partial charge is 0.410 e. The van der Waals surface area contributed by atoms with Gasteiger partial charge in [-0.3, -0.25) is 0 Å². The van der Waals surface area contributed by atoms with E-state index in [0.717, 1.165) is 35.5 Å². The number of benzene rings is 1. The van der Waals surface area contributed by atoms with Gasteiger partial charge in [0.05, 0.1) is 21.3 Å². The van der Waals surface area contributed by atoms with Crippen LogP contribution in [0.4, 0.5) is 4.79 Å². The average molecular weight is 318 g/mol. The molecule has 1 unspecified atom stereocenters. The molecule has 22 heavy (non-hydrogen) atoms. The van der Waals surface area contributed by atoms with Crippen molar-refractivity contribution in [2.24, 2.45) is 0 Å². The predicted molar refractivity (Wildman–Crippen MR) is 89.3 cm³/mol. The molecule has 2 aromatic rings. The number of aryl methyl sites for hydroxylation is 1. The van der Waals surface area contributed by atoms with Gasteiger partial charge in [0.15, 0.2) is 0 Å². The second-order valence-corrected chi connectivity index (χ2v) is 8.03. The van der Waals surface area contributed by atoms with Crippen molar-refractivity contribution in [3.8, 4) is 0 Å². The van der Waals surface area contributed by atoms with E-state index >= 15 is 0 Å². The van der Waals surface area contributed by atoms with Gasteiger partial charge in [-0.1, -0.05) is 6.07 Å². The van der Waals surface area contributed by atoms with Gasteiger partial charge in [-0.25, -0.2) is 9.78 Å². The van der Waals surface area contributed by atoms with E-state index in [1.165, 1.54) is 4.70 Å². The topological polar surface area (TPSA) is 42.4 Å². The van der Waals surface area contributed by atoms with Crippen LogP contribution in [0.5, 0.6) is 0 Å². The van der Waals surface area contributed by atoms with Crippen LogP contribution in [0, 0.1) is 6.92 Å². The van der Waals surface area contributed by atoms with Gasteiger partial charge in [-0.05, 0) is 58.2 Å². The molecule has 0 bridgehead atoms. The Morgan fingerprint density at radius 1 is 1.41 bits per heavy atom. The lowest BCUT2D eigenvalue weighted by Crippen LogP contribution is -2.36. The van der Waals surface area contributed by atoms with Gasteiger partial charge in [0.25, 0.3) is 0 Å². The molecule has 0 saturated carbocycles. The molecule has 5 heteroatoms. The monoisotopic (exact) mass is 318 g/mol. The fourth-order valence-electron chi connectivity index (χ4n) is 2.92. The standard InChI is InChI=1S/C17H22N2O2S/c1-11-18-13-10-12(7-8-15(13)22-11)14-6-5-9-19(14)16(20)21-17(2,3)4/h7-8,10,14H,5-6,9H2,1-4H3. The SMILES string of the molecule is Cc1nc2cc(C3CCCN3C(=O)OC(C)(C)C)ccc2s1. The first-order valence-electron chi connectivity index (χ1n) is 7.70. The fourth-order valence-corrected chi connectivity index (χ4v) is 3.73. The molecular formula is C17H22N2O2S. The molecule has 1 fully saturated rings. The number of nitrogens with zero attached hydrogens (tertiary/aromatic N) is 2. The highest BCUT2D eigenvalue weighted by Crippen LogP contribution is 2.35. The molecule has 0 aliphatic carbocycles. The fraction of sp³-hybridized carbons (Fsp3) is 0.529. The van der Waals surface area contributed by atoms with Crippen LogP contribution in [0.3, 0.4) is 0 Å². The number of amides is 1. The Hall–Kier alpha value is -1.62. The number of thiazole rings is 1. The van der Waals surface area contributed by atoms with Crippen LogP contribution in [0.25, 0.3) is 10.2 Å². The molecule has 1 aliphatic rings. The lowest BCUT2D eigenvalue weighted by atomic mass is 10.0. The van der Waals surface area contributed by atoms with Gasteiger partial charge >= 0.3 is 6.09 Å². The van der Waals surface area contributed by atoms with Crippen LogP contribution < -0.4 is 0 Å². The summed E-state index contributed by atoms with van der Waals surface area (Å²) in [6.07, 6.45) is 1.77. The largest absolute Gasteiger partial charge is 0.444 e. The molecule has 0 spiro atoms. The van der Waals surface area contributed by atoms with Crippen LogP contribution in [-0.2, 0) is 4.74 Å². The third-order valence-electron chi connectivity index (χ3n) is 3.78. The molecule has 1 aliphatic heterocycles. The van der Waals surface area contributed by atoms with E-state index in [1.807, 2.05) is 32.6 Å². The molecule has 4 nitrogen and oxygen atoms in total. The van der Waals surface area contributed by atoms with Crippen molar-refractivity contribution < 1.29 is 9.53 Å². The maximum atomic E-state index is 12.4. The number of fused-ring (bicyclic) bond motifs is 1. The summed E-state index contributed by atoms with van der Waals surface area (Å²) in [4.78, 5) is 18.8. The molecule has 1 aromatic carbocycles. The van der Waals surface area contributed by atoms with E-state index in [1.54, 1.807) is 11.3 Å². The number of hydrogen-bond acceptors (Lipinski definition) is 4. The zero-order chi connectivity index (χ0) is 15.9. The highest BCUT2D eigenvalue weighted by Gasteiger charge is 2.33. The van der Waals surface area contributed by atoms with E-state index in [0.29, 0.717) is 0 Å². The van der Waals surface area contributed by atoms with E-state index in [2.05, 4.69) is 23.2 Å². The van der Waals surface area contributed by atoms with Gasteiger partial charge in [-0.15, -0.1) is 11.3 Å². The van der Waals surface area contributed by atoms with Crippen molar-refractivity contribution in [1.29, 1.82) is 0 Å². The number of carbonyl (C=O) groups excluding carboxylic acids is 1. The summed E-state index contributed by atoms with van der Waals surface area (Å²) in [5.74, 6) is 0. The molecule has 1 amide bonds. The minimum atomic E-state index is -0.458. The number of likely N-dealkylation sites (tertiary alicyclic amines) is 1. The second kappa shape index (κ2) is 5.54. The summed E-state index contributed by atoms with van der Waals surface area (Å²) in [6.45, 7) is 8.49. The summed E-state index contributed by atoms with van der Waals surface area (Å²) in [7, 11) is 0. The maximum Gasteiger partial charge on any atom is 0.410 e. The Labute approximate surface area is 135 Å². The van der Waals surface area contributed by atoms with E-state index in [-0.39, 0.29) is 12.1 Å². The molecule has 2 heterocycles. The zero-order valence-corrected chi connectivity index (χ0v) is 14.4. The first kappa shape index (κ1) is 15.3. The Bertz CT molecular complexity index is 702. The highest BCUT2D eigenvalue weighted by molar-refractivity contribution is 7.18. The Kier molecular flexibility index (Phi) is 3.85. The summed E-state index contributed by atoms with van der Waals surface area (Å²) >= 11 is 1.70. The Balaban J connectivity index is 1.86. The minimum absolute atomic E-state index is 0.0984. The van der Waals surface area contributed by atoms with Crippen LogP contribution in [0.1, 0.15) is 50.2 Å². The van der Waals surface area contributed by atoms with Crippen molar-refractivity contribution in [3.05, 3.63) is 28.8 Å². The third-order valence-corrected chi connectivity index (χ3v) is 4.74. The van der Waals surface area contributed by atoms with E-state index in [4.69, 9.17) is 4.74 Å². The Morgan fingerprint density at radius 3 is 2.91 bits per heavy atom. The first-order chi connectivity index (χ1) is 10.3. The lowest BCUT2D eigenvalue weighted by molar-refractivity contribution is 0.0224. The highest BCUT2D eigenvalue weighted by atomic mass is 32.1. The van der Waals surface area contributed by atoms with Crippen LogP contribution in [0.2, 0.25) is 0 Å². The van der Waals surface area contributed by atoms with Crippen LogP contribution >= 0.6 is 11.3 Å². The number of rotatable bonds is 1. The van der Waals surface area contributed by atoms with Crippen molar-refractivity contribution in [2.75, 3.05) is 6.54 Å². The molecule has 1 atom stereocenters. The molecule has 118 valence electrons. The predicted octanol–water partition coefficient (Wildman–Crippen LogP) is 4.68. The Morgan fingerprint density at radius 2 is 2.18 bits per heavy atom. The van der Waals surface area contributed by atoms with Crippen LogP contribution in [0.15, 0.2) is 18.2 Å². The summed E-state index contributed by atoms with van der Waals surface area (Å²) in [5, 5.41) is 1.07. The second-order valence-electron chi connectivity index (χ2n) is 6.79. The van der Waals surface area contributed by atoms with Crippen molar-refractivity contribution in [2.45, 2.75) is 52.2 Å². The third kappa shape index (κ3) is 3.09. The number of hydrogen-bond donors (Lipinski definition) is 0. The van der Waals surface area contributed by atoms with Gasteiger partial charge in [0.1, 0.15) is 5.60 Å². The van der Waals surface area contributed by atoms with Gasteiger partial charge in [0, 0.05) is 6.54 Å².